The van der Waals surface area contributed by atoms with Gasteiger partial charge in [0.25, 0.3) is 0 Å². The van der Waals surface area contributed by atoms with Crippen LogP contribution in [0.4, 0.5) is 5.69 Å². The summed E-state index contributed by atoms with van der Waals surface area (Å²) >= 11 is 0. The van der Waals surface area contributed by atoms with Gasteiger partial charge in [-0.15, -0.1) is 12.4 Å². The number of hydrogen-bond donors (Lipinski definition) is 0. The number of benzene rings is 1. The van der Waals surface area contributed by atoms with Crippen LogP contribution < -0.4 is 9.64 Å². The number of anilines is 1. The van der Waals surface area contributed by atoms with Crippen LogP contribution in [0.3, 0.4) is 0 Å². The summed E-state index contributed by atoms with van der Waals surface area (Å²) in [5.74, 6) is 1.37. The Morgan fingerprint density at radius 1 is 1.26 bits per heavy atom. The van der Waals surface area contributed by atoms with E-state index in [0.29, 0.717) is 12.3 Å². The molecule has 2 heterocycles. The number of carbonyl (C=O) groups excluding carboxylic acids is 1. The number of amides is 1. The lowest BCUT2D eigenvalue weighted by Crippen LogP contribution is -2.27. The van der Waals surface area contributed by atoms with Gasteiger partial charge in [0.2, 0.25) is 5.91 Å². The summed E-state index contributed by atoms with van der Waals surface area (Å²) in [5.41, 5.74) is 1.75. The highest BCUT2D eigenvalue weighted by Crippen LogP contribution is 2.37. The van der Waals surface area contributed by atoms with E-state index in [2.05, 4.69) is 4.98 Å². The zero-order valence-electron chi connectivity index (χ0n) is 10.4. The molecular weight excluding hydrogens is 264 g/mol. The molecule has 0 aliphatic carbocycles. The number of halogens is 1. The fraction of sp³-hybridized carbons (Fsp3) is 0.143. The molecular formula is C14H13ClN2O2. The van der Waals surface area contributed by atoms with Crippen molar-refractivity contribution in [2.24, 2.45) is 0 Å². The van der Waals surface area contributed by atoms with Crippen LogP contribution in [0, 0.1) is 0 Å². The van der Waals surface area contributed by atoms with E-state index in [1.54, 1.807) is 30.3 Å². The predicted molar refractivity (Wildman–Crippen MR) is 74.9 cm³/mol. The fourth-order valence-electron chi connectivity index (χ4n) is 2.06. The Morgan fingerprint density at radius 2 is 2.05 bits per heavy atom. The van der Waals surface area contributed by atoms with Gasteiger partial charge in [-0.05, 0) is 12.1 Å². The van der Waals surface area contributed by atoms with Crippen LogP contribution in [-0.2, 0) is 11.3 Å². The van der Waals surface area contributed by atoms with E-state index in [1.807, 2.05) is 24.3 Å². The van der Waals surface area contributed by atoms with E-state index in [1.165, 1.54) is 0 Å². The first-order valence-electron chi connectivity index (χ1n) is 5.73. The average molecular weight is 277 g/mol. The third-order valence-corrected chi connectivity index (χ3v) is 2.95. The van der Waals surface area contributed by atoms with Crippen LogP contribution in [0.2, 0.25) is 0 Å². The van der Waals surface area contributed by atoms with Crippen molar-refractivity contribution in [3.63, 3.8) is 0 Å². The van der Waals surface area contributed by atoms with Crippen LogP contribution in [0.1, 0.15) is 12.5 Å². The van der Waals surface area contributed by atoms with E-state index in [0.717, 1.165) is 17.0 Å². The van der Waals surface area contributed by atoms with Gasteiger partial charge in [-0.2, -0.15) is 0 Å². The van der Waals surface area contributed by atoms with Crippen LogP contribution >= 0.6 is 12.4 Å². The molecule has 0 bridgehead atoms. The number of pyridine rings is 1. The van der Waals surface area contributed by atoms with Crippen LogP contribution in [-0.4, -0.2) is 10.9 Å². The van der Waals surface area contributed by atoms with Crippen LogP contribution in [0.25, 0.3) is 0 Å². The standard InChI is InChI=1S/C14H12N2O2.ClH/c1-10(17)16-9-11-4-2-3-5-13(11)18-14-8-15-7-6-12(14)16;/h2-8H,9H2,1H3;1H. The molecule has 1 aliphatic rings. The number of hydrogen-bond acceptors (Lipinski definition) is 3. The monoisotopic (exact) mass is 276 g/mol. The van der Waals surface area contributed by atoms with Gasteiger partial charge in [0.1, 0.15) is 5.75 Å². The smallest absolute Gasteiger partial charge is 0.224 e. The molecule has 0 N–H and O–H groups in total. The highest BCUT2D eigenvalue weighted by Gasteiger charge is 2.22. The minimum atomic E-state index is -0.0113. The van der Waals surface area contributed by atoms with Crippen molar-refractivity contribution in [1.82, 2.24) is 4.98 Å². The second kappa shape index (κ2) is 5.28. The van der Waals surface area contributed by atoms with Crippen molar-refractivity contribution in [2.75, 3.05) is 4.90 Å². The van der Waals surface area contributed by atoms with E-state index < -0.39 is 0 Å². The van der Waals surface area contributed by atoms with E-state index in [4.69, 9.17) is 4.74 Å². The lowest BCUT2D eigenvalue weighted by Gasteiger charge is -2.19. The Labute approximate surface area is 117 Å². The molecule has 5 heteroatoms. The molecule has 4 nitrogen and oxygen atoms in total. The van der Waals surface area contributed by atoms with Gasteiger partial charge >= 0.3 is 0 Å². The van der Waals surface area contributed by atoms with E-state index >= 15 is 0 Å². The number of nitrogens with zero attached hydrogens (tertiary/aromatic N) is 2. The molecule has 2 aromatic rings. The first-order valence-corrected chi connectivity index (χ1v) is 5.73. The largest absolute Gasteiger partial charge is 0.453 e. The molecule has 0 spiro atoms. The number of rotatable bonds is 0. The first kappa shape index (κ1) is 13.4. The summed E-state index contributed by atoms with van der Waals surface area (Å²) in [4.78, 5) is 17.5. The molecule has 98 valence electrons. The molecule has 0 saturated heterocycles. The zero-order valence-corrected chi connectivity index (χ0v) is 11.2. The Balaban J connectivity index is 0.00000133. The number of carbonyl (C=O) groups is 1. The molecule has 1 aliphatic heterocycles. The van der Waals surface area contributed by atoms with Crippen molar-refractivity contribution in [2.45, 2.75) is 13.5 Å². The highest BCUT2D eigenvalue weighted by atomic mass is 35.5. The molecule has 19 heavy (non-hydrogen) atoms. The van der Waals surface area contributed by atoms with Crippen LogP contribution in [0.5, 0.6) is 11.5 Å². The van der Waals surface area contributed by atoms with E-state index in [9.17, 15) is 4.79 Å². The van der Waals surface area contributed by atoms with Crippen molar-refractivity contribution >= 4 is 24.0 Å². The number of fused-ring (bicyclic) bond motifs is 2. The van der Waals surface area contributed by atoms with Gasteiger partial charge in [-0.1, -0.05) is 18.2 Å². The molecule has 0 radical (unpaired) electrons. The Morgan fingerprint density at radius 3 is 2.84 bits per heavy atom. The van der Waals surface area contributed by atoms with Gasteiger partial charge in [-0.25, -0.2) is 0 Å². The van der Waals surface area contributed by atoms with Gasteiger partial charge in [0.05, 0.1) is 18.4 Å². The minimum absolute atomic E-state index is 0. The Hall–Kier alpha value is -2.07. The number of aromatic nitrogens is 1. The summed E-state index contributed by atoms with van der Waals surface area (Å²) in [5, 5.41) is 0. The summed E-state index contributed by atoms with van der Waals surface area (Å²) in [6.07, 6.45) is 3.29. The predicted octanol–water partition coefficient (Wildman–Crippen LogP) is 3.16. The van der Waals surface area contributed by atoms with Gasteiger partial charge in [-0.3, -0.25) is 9.78 Å². The summed E-state index contributed by atoms with van der Waals surface area (Å²) < 4.78 is 5.83. The molecule has 3 rings (SSSR count). The maximum Gasteiger partial charge on any atom is 0.224 e. The Kier molecular flexibility index (Phi) is 3.71. The number of para-hydroxylation sites is 1. The molecule has 0 unspecified atom stereocenters. The quantitative estimate of drug-likeness (QED) is 0.742. The average Bonchev–Trinajstić information content (AvgIpc) is 2.55. The highest BCUT2D eigenvalue weighted by molar-refractivity contribution is 5.93. The van der Waals surface area contributed by atoms with Gasteiger partial charge < -0.3 is 9.64 Å². The third kappa shape index (κ3) is 2.39. The van der Waals surface area contributed by atoms with Crippen molar-refractivity contribution in [3.05, 3.63) is 48.3 Å². The zero-order chi connectivity index (χ0) is 12.5. The second-order valence-corrected chi connectivity index (χ2v) is 4.16. The molecule has 1 aromatic carbocycles. The maximum atomic E-state index is 11.8. The molecule has 1 amide bonds. The van der Waals surface area contributed by atoms with Crippen molar-refractivity contribution < 1.29 is 9.53 Å². The molecule has 0 saturated carbocycles. The van der Waals surface area contributed by atoms with E-state index in [-0.39, 0.29) is 18.3 Å². The fourth-order valence-corrected chi connectivity index (χ4v) is 2.06. The number of ether oxygens (including phenoxy) is 1. The SMILES string of the molecule is CC(=O)N1Cc2ccccc2Oc2cnccc21.Cl. The summed E-state index contributed by atoms with van der Waals surface area (Å²) in [6, 6.07) is 9.51. The summed E-state index contributed by atoms with van der Waals surface area (Å²) in [6.45, 7) is 2.07. The normalized spacial score (nSPS) is 12.4. The van der Waals surface area contributed by atoms with Crippen molar-refractivity contribution in [1.29, 1.82) is 0 Å². The van der Waals surface area contributed by atoms with Gasteiger partial charge in [0.15, 0.2) is 5.75 Å². The first-order chi connectivity index (χ1) is 8.75. The maximum absolute atomic E-state index is 11.8. The third-order valence-electron chi connectivity index (χ3n) is 2.95. The lowest BCUT2D eigenvalue weighted by molar-refractivity contribution is -0.116. The Bertz CT molecular complexity index is 616. The molecule has 0 atom stereocenters. The molecule has 0 fully saturated rings. The summed E-state index contributed by atoms with van der Waals surface area (Å²) in [7, 11) is 0. The van der Waals surface area contributed by atoms with Crippen molar-refractivity contribution in [3.8, 4) is 11.5 Å². The van der Waals surface area contributed by atoms with Crippen LogP contribution in [0.15, 0.2) is 42.7 Å². The van der Waals surface area contributed by atoms with Gasteiger partial charge in [0, 0.05) is 18.7 Å². The second-order valence-electron chi connectivity index (χ2n) is 4.16. The topological polar surface area (TPSA) is 42.4 Å². The lowest BCUT2D eigenvalue weighted by atomic mass is 10.2. The minimum Gasteiger partial charge on any atom is -0.453 e. The molecule has 1 aromatic heterocycles.